The molecule has 1 N–H and O–H groups in total. The van der Waals surface area contributed by atoms with E-state index in [-0.39, 0.29) is 5.69 Å². The molecule has 100 valence electrons. The maximum atomic E-state index is 13.5. The Morgan fingerprint density at radius 3 is 2.60 bits per heavy atom. The fourth-order valence-electron chi connectivity index (χ4n) is 1.86. The van der Waals surface area contributed by atoms with E-state index in [1.807, 2.05) is 30.3 Å². The van der Waals surface area contributed by atoms with Crippen LogP contribution in [0.3, 0.4) is 0 Å². The van der Waals surface area contributed by atoms with Crippen LogP contribution in [0.5, 0.6) is 0 Å². The summed E-state index contributed by atoms with van der Waals surface area (Å²) in [4.78, 5) is 0. The molecule has 0 amide bonds. The number of halogens is 2. The minimum absolute atomic E-state index is 0.0811. The van der Waals surface area contributed by atoms with Gasteiger partial charge in [0, 0.05) is 6.07 Å². The van der Waals surface area contributed by atoms with Crippen molar-refractivity contribution >= 4 is 11.4 Å². The summed E-state index contributed by atoms with van der Waals surface area (Å²) in [6.07, 6.45) is 3.26. The quantitative estimate of drug-likeness (QED) is 0.783. The van der Waals surface area contributed by atoms with Gasteiger partial charge in [0.15, 0.2) is 0 Å². The number of nitrogens with zero attached hydrogens (tertiary/aromatic N) is 2. The lowest BCUT2D eigenvalue weighted by atomic mass is 10.3. The Bertz CT molecular complexity index is 723. The van der Waals surface area contributed by atoms with Crippen molar-refractivity contribution < 1.29 is 8.78 Å². The predicted molar refractivity (Wildman–Crippen MR) is 73.2 cm³/mol. The molecule has 0 bridgehead atoms. The van der Waals surface area contributed by atoms with Crippen molar-refractivity contribution in [3.63, 3.8) is 0 Å². The van der Waals surface area contributed by atoms with Crippen molar-refractivity contribution in [2.45, 2.75) is 0 Å². The molecular weight excluding hydrogens is 260 g/mol. The zero-order chi connectivity index (χ0) is 13.9. The summed E-state index contributed by atoms with van der Waals surface area (Å²) in [6, 6.07) is 12.8. The van der Waals surface area contributed by atoms with E-state index in [0.717, 1.165) is 23.9 Å². The second kappa shape index (κ2) is 5.13. The topological polar surface area (TPSA) is 29.9 Å². The van der Waals surface area contributed by atoms with E-state index in [0.29, 0.717) is 5.69 Å². The van der Waals surface area contributed by atoms with E-state index >= 15 is 0 Å². The van der Waals surface area contributed by atoms with Crippen LogP contribution in [0, 0.1) is 11.6 Å². The molecule has 2 aromatic carbocycles. The summed E-state index contributed by atoms with van der Waals surface area (Å²) >= 11 is 0. The summed E-state index contributed by atoms with van der Waals surface area (Å²) < 4.78 is 28.3. The predicted octanol–water partition coefficient (Wildman–Crippen LogP) is 3.89. The fourth-order valence-corrected chi connectivity index (χ4v) is 1.86. The lowest BCUT2D eigenvalue weighted by Gasteiger charge is -2.04. The van der Waals surface area contributed by atoms with Crippen molar-refractivity contribution in [1.29, 1.82) is 0 Å². The molecule has 3 nitrogen and oxygen atoms in total. The third kappa shape index (κ3) is 2.51. The molecule has 3 rings (SSSR count). The van der Waals surface area contributed by atoms with Gasteiger partial charge in [0.2, 0.25) is 0 Å². The number of hydrogen-bond acceptors (Lipinski definition) is 2. The zero-order valence-electron chi connectivity index (χ0n) is 10.4. The molecule has 0 spiro atoms. The summed E-state index contributed by atoms with van der Waals surface area (Å²) in [5, 5.41) is 6.98. The van der Waals surface area contributed by atoms with Crippen LogP contribution in [-0.4, -0.2) is 9.78 Å². The Kier molecular flexibility index (Phi) is 3.16. The van der Waals surface area contributed by atoms with Crippen LogP contribution in [0.15, 0.2) is 60.9 Å². The van der Waals surface area contributed by atoms with Crippen LogP contribution in [-0.2, 0) is 0 Å². The number of benzene rings is 2. The molecule has 0 radical (unpaired) electrons. The monoisotopic (exact) mass is 271 g/mol. The lowest BCUT2D eigenvalue weighted by molar-refractivity contribution is 0.603. The van der Waals surface area contributed by atoms with Crippen LogP contribution in [0.2, 0.25) is 0 Å². The average Bonchev–Trinajstić information content (AvgIpc) is 2.92. The second-order valence-corrected chi connectivity index (χ2v) is 4.26. The van der Waals surface area contributed by atoms with Crippen LogP contribution in [0.1, 0.15) is 0 Å². The van der Waals surface area contributed by atoms with Gasteiger partial charge in [-0.25, -0.2) is 13.5 Å². The summed E-state index contributed by atoms with van der Waals surface area (Å²) in [5.41, 5.74) is 1.55. The molecule has 0 fully saturated rings. The van der Waals surface area contributed by atoms with Gasteiger partial charge in [-0.3, -0.25) is 0 Å². The molecule has 5 heteroatoms. The van der Waals surface area contributed by atoms with Gasteiger partial charge in [-0.15, -0.1) is 0 Å². The van der Waals surface area contributed by atoms with Crippen molar-refractivity contribution in [3.05, 3.63) is 72.6 Å². The molecule has 20 heavy (non-hydrogen) atoms. The second-order valence-electron chi connectivity index (χ2n) is 4.26. The van der Waals surface area contributed by atoms with Gasteiger partial charge in [-0.05, 0) is 24.3 Å². The van der Waals surface area contributed by atoms with Crippen molar-refractivity contribution in [2.24, 2.45) is 0 Å². The molecule has 0 aliphatic rings. The standard InChI is InChI=1S/C15H11F2N3/c16-11-6-7-14(17)15(8-11)19-12-9-18-20(10-12)13-4-2-1-3-5-13/h1-10,19H. The van der Waals surface area contributed by atoms with Gasteiger partial charge in [-0.1, -0.05) is 18.2 Å². The number of rotatable bonds is 3. The highest BCUT2D eigenvalue weighted by molar-refractivity contribution is 5.59. The van der Waals surface area contributed by atoms with E-state index in [2.05, 4.69) is 10.4 Å². The number of para-hydroxylation sites is 1. The van der Waals surface area contributed by atoms with Gasteiger partial charge in [0.05, 0.1) is 29.5 Å². The molecule has 1 heterocycles. The van der Waals surface area contributed by atoms with Crippen molar-refractivity contribution in [1.82, 2.24) is 9.78 Å². The van der Waals surface area contributed by atoms with Gasteiger partial charge < -0.3 is 5.32 Å². The van der Waals surface area contributed by atoms with Crippen LogP contribution in [0.25, 0.3) is 5.69 Å². The third-order valence-corrected chi connectivity index (χ3v) is 2.81. The van der Waals surface area contributed by atoms with Crippen LogP contribution in [0.4, 0.5) is 20.2 Å². The fraction of sp³-hybridized carbons (Fsp3) is 0. The number of anilines is 2. The highest BCUT2D eigenvalue weighted by Gasteiger charge is 2.06. The molecule has 0 unspecified atom stereocenters. The van der Waals surface area contributed by atoms with Gasteiger partial charge in [0.25, 0.3) is 0 Å². The Hall–Kier alpha value is -2.69. The highest BCUT2D eigenvalue weighted by atomic mass is 19.1. The number of hydrogen-bond donors (Lipinski definition) is 1. The zero-order valence-corrected chi connectivity index (χ0v) is 10.4. The molecule has 1 aromatic heterocycles. The SMILES string of the molecule is Fc1ccc(F)c(Nc2cnn(-c3ccccc3)c2)c1. The van der Waals surface area contributed by atoms with E-state index in [9.17, 15) is 8.78 Å². The number of nitrogens with one attached hydrogen (secondary N) is 1. The first-order valence-corrected chi connectivity index (χ1v) is 6.04. The lowest BCUT2D eigenvalue weighted by Crippen LogP contribution is -1.94. The molecule has 0 atom stereocenters. The Morgan fingerprint density at radius 2 is 1.80 bits per heavy atom. The molecule has 0 aliphatic heterocycles. The minimum atomic E-state index is -0.515. The molecule has 0 saturated heterocycles. The van der Waals surface area contributed by atoms with Crippen molar-refractivity contribution in [3.8, 4) is 5.69 Å². The summed E-state index contributed by atoms with van der Waals surface area (Å²) in [5.74, 6) is -1.01. The smallest absolute Gasteiger partial charge is 0.146 e. The Balaban J connectivity index is 1.86. The maximum Gasteiger partial charge on any atom is 0.146 e. The van der Waals surface area contributed by atoms with Gasteiger partial charge in [0.1, 0.15) is 11.6 Å². The largest absolute Gasteiger partial charge is 0.350 e. The minimum Gasteiger partial charge on any atom is -0.350 e. The van der Waals surface area contributed by atoms with E-state index in [1.54, 1.807) is 17.1 Å². The highest BCUT2D eigenvalue weighted by Crippen LogP contribution is 2.21. The average molecular weight is 271 g/mol. The van der Waals surface area contributed by atoms with E-state index in [1.165, 1.54) is 0 Å². The summed E-state index contributed by atoms with van der Waals surface area (Å²) in [7, 11) is 0. The molecule has 0 aliphatic carbocycles. The van der Waals surface area contributed by atoms with Crippen LogP contribution >= 0.6 is 0 Å². The van der Waals surface area contributed by atoms with E-state index < -0.39 is 11.6 Å². The van der Waals surface area contributed by atoms with Gasteiger partial charge >= 0.3 is 0 Å². The van der Waals surface area contributed by atoms with E-state index in [4.69, 9.17) is 0 Å². The Labute approximate surface area is 114 Å². The van der Waals surface area contributed by atoms with Crippen LogP contribution < -0.4 is 5.32 Å². The van der Waals surface area contributed by atoms with Crippen molar-refractivity contribution in [2.75, 3.05) is 5.32 Å². The molecule has 0 saturated carbocycles. The Morgan fingerprint density at radius 1 is 1.00 bits per heavy atom. The third-order valence-electron chi connectivity index (χ3n) is 2.81. The number of aromatic nitrogens is 2. The summed E-state index contributed by atoms with van der Waals surface area (Å²) in [6.45, 7) is 0. The first-order valence-electron chi connectivity index (χ1n) is 6.04. The first-order chi connectivity index (χ1) is 9.72. The molecular formula is C15H11F2N3. The maximum absolute atomic E-state index is 13.5. The van der Waals surface area contributed by atoms with Gasteiger partial charge in [-0.2, -0.15) is 5.10 Å². The normalized spacial score (nSPS) is 10.5. The first kappa shape index (κ1) is 12.3. The molecule has 3 aromatic rings.